The van der Waals surface area contributed by atoms with E-state index in [1.54, 1.807) is 0 Å². The van der Waals surface area contributed by atoms with Crippen LogP contribution in [0.15, 0.2) is 51.8 Å². The Kier molecular flexibility index (Phi) is 4.66. The van der Waals surface area contributed by atoms with Crippen LogP contribution in [0.5, 0.6) is 0 Å². The standard InChI is InChI=1S/C13H9BrN2O6S/c14-11-5-4-8(13(17)18)6-12(11)23(21,22)15-9-2-1-3-10(7-9)16(19)20/h1-7,15H,(H,17,18). The minimum Gasteiger partial charge on any atom is -0.478 e. The van der Waals surface area contributed by atoms with Crippen molar-refractivity contribution in [1.82, 2.24) is 0 Å². The molecular formula is C13H9BrN2O6S. The molecule has 23 heavy (non-hydrogen) atoms. The Morgan fingerprint density at radius 3 is 2.52 bits per heavy atom. The largest absolute Gasteiger partial charge is 0.478 e. The van der Waals surface area contributed by atoms with Gasteiger partial charge < -0.3 is 5.11 Å². The maximum Gasteiger partial charge on any atom is 0.335 e. The lowest BCUT2D eigenvalue weighted by Crippen LogP contribution is -2.14. The van der Waals surface area contributed by atoms with E-state index in [2.05, 4.69) is 20.7 Å². The highest BCUT2D eigenvalue weighted by molar-refractivity contribution is 9.10. The van der Waals surface area contributed by atoms with Crippen molar-refractivity contribution in [3.05, 3.63) is 62.6 Å². The summed E-state index contributed by atoms with van der Waals surface area (Å²) in [5, 5.41) is 19.7. The van der Waals surface area contributed by atoms with Crippen molar-refractivity contribution < 1.29 is 23.2 Å². The number of carboxylic acids is 1. The fourth-order valence-corrected chi connectivity index (χ4v) is 3.78. The quantitative estimate of drug-likeness (QED) is 0.586. The zero-order chi connectivity index (χ0) is 17.2. The Morgan fingerprint density at radius 1 is 1.22 bits per heavy atom. The number of halogens is 1. The van der Waals surface area contributed by atoms with Crippen LogP contribution in [0.3, 0.4) is 0 Å². The number of hydrogen-bond acceptors (Lipinski definition) is 5. The van der Waals surface area contributed by atoms with Gasteiger partial charge in [-0.1, -0.05) is 6.07 Å². The highest BCUT2D eigenvalue weighted by atomic mass is 79.9. The number of carboxylic acid groups (broad SMARTS) is 1. The van der Waals surface area contributed by atoms with Crippen LogP contribution in [-0.4, -0.2) is 24.4 Å². The van der Waals surface area contributed by atoms with Crippen molar-refractivity contribution >= 4 is 43.3 Å². The van der Waals surface area contributed by atoms with Gasteiger partial charge in [-0.3, -0.25) is 14.8 Å². The molecule has 120 valence electrons. The van der Waals surface area contributed by atoms with E-state index in [1.165, 1.54) is 30.3 Å². The summed E-state index contributed by atoms with van der Waals surface area (Å²) in [5.74, 6) is -1.27. The molecule has 0 heterocycles. The van der Waals surface area contributed by atoms with Gasteiger partial charge in [-0.15, -0.1) is 0 Å². The summed E-state index contributed by atoms with van der Waals surface area (Å²) in [6.45, 7) is 0. The molecule has 0 aromatic heterocycles. The lowest BCUT2D eigenvalue weighted by atomic mass is 10.2. The third-order valence-corrected chi connectivity index (χ3v) is 5.15. The molecule has 2 N–H and O–H groups in total. The summed E-state index contributed by atoms with van der Waals surface area (Å²) >= 11 is 3.05. The number of benzene rings is 2. The first-order valence-corrected chi connectivity index (χ1v) is 8.28. The molecule has 0 atom stereocenters. The van der Waals surface area contributed by atoms with E-state index in [0.29, 0.717) is 0 Å². The molecule has 0 spiro atoms. The Bertz CT molecular complexity index is 897. The molecule has 0 fully saturated rings. The van der Waals surface area contributed by atoms with Crippen LogP contribution < -0.4 is 4.72 Å². The van der Waals surface area contributed by atoms with E-state index < -0.39 is 20.9 Å². The summed E-state index contributed by atoms with van der Waals surface area (Å²) in [5.41, 5.74) is -0.483. The van der Waals surface area contributed by atoms with Gasteiger partial charge in [-0.05, 0) is 40.2 Å². The maximum atomic E-state index is 12.4. The van der Waals surface area contributed by atoms with Crippen LogP contribution >= 0.6 is 15.9 Å². The third-order valence-electron chi connectivity index (χ3n) is 2.78. The van der Waals surface area contributed by atoms with Gasteiger partial charge >= 0.3 is 5.97 Å². The number of rotatable bonds is 5. The molecular weight excluding hydrogens is 392 g/mol. The van der Waals surface area contributed by atoms with E-state index in [-0.39, 0.29) is 26.3 Å². The number of nitro groups is 1. The smallest absolute Gasteiger partial charge is 0.335 e. The Morgan fingerprint density at radius 2 is 1.91 bits per heavy atom. The number of sulfonamides is 1. The number of anilines is 1. The Balaban J connectivity index is 2.43. The van der Waals surface area contributed by atoms with E-state index in [9.17, 15) is 23.3 Å². The normalized spacial score (nSPS) is 11.0. The van der Waals surface area contributed by atoms with Crippen LogP contribution in [0.2, 0.25) is 0 Å². The lowest BCUT2D eigenvalue weighted by molar-refractivity contribution is -0.384. The summed E-state index contributed by atoms with van der Waals surface area (Å²) in [6.07, 6.45) is 0. The first-order valence-electron chi connectivity index (χ1n) is 6.01. The fourth-order valence-electron chi connectivity index (χ4n) is 1.74. The van der Waals surface area contributed by atoms with Crippen molar-refractivity contribution in [1.29, 1.82) is 0 Å². The predicted molar refractivity (Wildman–Crippen MR) is 85.0 cm³/mol. The monoisotopic (exact) mass is 400 g/mol. The SMILES string of the molecule is O=C(O)c1ccc(Br)c(S(=O)(=O)Nc2cccc([N+](=O)[O-])c2)c1. The Hall–Kier alpha value is -2.46. The third kappa shape index (κ3) is 3.85. The molecule has 2 aromatic rings. The van der Waals surface area contributed by atoms with Crippen molar-refractivity contribution in [3.63, 3.8) is 0 Å². The van der Waals surface area contributed by atoms with Gasteiger partial charge in [0, 0.05) is 16.6 Å². The summed E-state index contributed by atoms with van der Waals surface area (Å²) in [6, 6.07) is 8.50. The van der Waals surface area contributed by atoms with Gasteiger partial charge in [0.1, 0.15) is 4.90 Å². The van der Waals surface area contributed by atoms with Crippen LogP contribution in [-0.2, 0) is 10.0 Å². The zero-order valence-electron chi connectivity index (χ0n) is 11.3. The minimum atomic E-state index is -4.13. The predicted octanol–water partition coefficient (Wildman–Crippen LogP) is 2.86. The zero-order valence-corrected chi connectivity index (χ0v) is 13.7. The lowest BCUT2D eigenvalue weighted by Gasteiger charge is -2.10. The molecule has 0 saturated heterocycles. The van der Waals surface area contributed by atoms with Gasteiger partial charge in [-0.2, -0.15) is 0 Å². The molecule has 0 unspecified atom stereocenters. The summed E-state index contributed by atoms with van der Waals surface area (Å²) in [4.78, 5) is 20.7. The van der Waals surface area contributed by atoms with Gasteiger partial charge in [0.25, 0.3) is 15.7 Å². The second kappa shape index (κ2) is 6.34. The van der Waals surface area contributed by atoms with Crippen molar-refractivity contribution in [2.75, 3.05) is 4.72 Å². The van der Waals surface area contributed by atoms with Crippen LogP contribution in [0.4, 0.5) is 11.4 Å². The molecule has 2 rings (SSSR count). The molecule has 2 aromatic carbocycles. The van der Waals surface area contributed by atoms with Crippen LogP contribution in [0.25, 0.3) is 0 Å². The highest BCUT2D eigenvalue weighted by Gasteiger charge is 2.20. The van der Waals surface area contributed by atoms with E-state index >= 15 is 0 Å². The first kappa shape index (κ1) is 16.9. The molecule has 0 amide bonds. The van der Waals surface area contributed by atoms with Gasteiger partial charge in [-0.25, -0.2) is 13.2 Å². The molecule has 0 bridgehead atoms. The first-order chi connectivity index (χ1) is 10.7. The number of hydrogen-bond donors (Lipinski definition) is 2. The number of carbonyl (C=O) groups is 1. The molecule has 0 aliphatic carbocycles. The average Bonchev–Trinajstić information content (AvgIpc) is 2.47. The molecule has 0 aliphatic rings. The highest BCUT2D eigenvalue weighted by Crippen LogP contribution is 2.26. The number of nitro benzene ring substituents is 1. The van der Waals surface area contributed by atoms with Crippen molar-refractivity contribution in [2.24, 2.45) is 0 Å². The fraction of sp³-hybridized carbons (Fsp3) is 0. The molecule has 0 aliphatic heterocycles. The topological polar surface area (TPSA) is 127 Å². The molecule has 10 heteroatoms. The summed E-state index contributed by atoms with van der Waals surface area (Å²) in [7, 11) is -4.13. The van der Waals surface area contributed by atoms with Gasteiger partial charge in [0.2, 0.25) is 0 Å². The number of nitrogens with one attached hydrogen (secondary N) is 1. The van der Waals surface area contributed by atoms with Crippen LogP contribution in [0, 0.1) is 10.1 Å². The second-order valence-electron chi connectivity index (χ2n) is 4.36. The van der Waals surface area contributed by atoms with E-state index in [1.807, 2.05) is 0 Å². The molecule has 0 saturated carbocycles. The molecule has 0 radical (unpaired) electrons. The average molecular weight is 401 g/mol. The van der Waals surface area contributed by atoms with Gasteiger partial charge in [0.15, 0.2) is 0 Å². The second-order valence-corrected chi connectivity index (χ2v) is 6.87. The van der Waals surface area contributed by atoms with Gasteiger partial charge in [0.05, 0.1) is 16.2 Å². The summed E-state index contributed by atoms with van der Waals surface area (Å²) < 4.78 is 27.1. The number of aromatic carboxylic acids is 1. The van der Waals surface area contributed by atoms with Crippen LogP contribution in [0.1, 0.15) is 10.4 Å². The van der Waals surface area contributed by atoms with Crippen molar-refractivity contribution in [3.8, 4) is 0 Å². The maximum absolute atomic E-state index is 12.4. The van der Waals surface area contributed by atoms with Crippen molar-refractivity contribution in [2.45, 2.75) is 4.90 Å². The number of nitrogens with zero attached hydrogens (tertiary/aromatic N) is 1. The minimum absolute atomic E-state index is 0.00757. The van der Waals surface area contributed by atoms with E-state index in [4.69, 9.17) is 5.11 Å². The van der Waals surface area contributed by atoms with E-state index in [0.717, 1.165) is 12.1 Å². The Labute approximate surface area is 139 Å². The number of non-ortho nitro benzene ring substituents is 1. The molecule has 8 nitrogen and oxygen atoms in total.